The van der Waals surface area contributed by atoms with E-state index in [0.29, 0.717) is 25.3 Å². The van der Waals surface area contributed by atoms with E-state index >= 15 is 0 Å². The van der Waals surface area contributed by atoms with Crippen molar-refractivity contribution in [1.29, 1.82) is 0 Å². The molecule has 1 fully saturated rings. The van der Waals surface area contributed by atoms with Crippen LogP contribution in [0.25, 0.3) is 0 Å². The third kappa shape index (κ3) is 3.77. The summed E-state index contributed by atoms with van der Waals surface area (Å²) in [5.74, 6) is -1.05. The number of carboxylic acids is 1. The maximum atomic E-state index is 12.9. The van der Waals surface area contributed by atoms with E-state index < -0.39 is 12.1 Å². The number of carbonyl (C=O) groups is 2. The minimum atomic E-state index is -0.930. The van der Waals surface area contributed by atoms with Crippen molar-refractivity contribution in [2.45, 2.75) is 19.1 Å². The smallest absolute Gasteiger partial charge is 0.306 e. The molecule has 0 bridgehead atoms. The predicted molar refractivity (Wildman–Crippen MR) is 83.5 cm³/mol. The average molecular weight is 330 g/mol. The van der Waals surface area contributed by atoms with Crippen LogP contribution in [0.4, 0.5) is 0 Å². The second-order valence-electron chi connectivity index (χ2n) is 5.59. The molecular weight excluding hydrogens is 312 g/mol. The van der Waals surface area contributed by atoms with Crippen LogP contribution in [0.15, 0.2) is 36.9 Å². The zero-order valence-corrected chi connectivity index (χ0v) is 13.0. The van der Waals surface area contributed by atoms with Gasteiger partial charge in [-0.3, -0.25) is 9.59 Å². The summed E-state index contributed by atoms with van der Waals surface area (Å²) in [7, 11) is 0. The molecule has 8 heteroatoms. The van der Waals surface area contributed by atoms with Crippen molar-refractivity contribution in [2.24, 2.45) is 0 Å². The normalized spacial score (nSPS) is 17.7. The van der Waals surface area contributed by atoms with Gasteiger partial charge in [0.2, 0.25) is 0 Å². The SMILES string of the molecule is O=C(O)C[C@H]1CN(C(=O)c2ccccc2Cn2cncn2)CCO1. The number of nitrogens with zero attached hydrogens (tertiary/aromatic N) is 4. The maximum absolute atomic E-state index is 12.9. The highest BCUT2D eigenvalue weighted by Gasteiger charge is 2.27. The van der Waals surface area contributed by atoms with Gasteiger partial charge in [0, 0.05) is 18.7 Å². The molecule has 8 nitrogen and oxygen atoms in total. The molecular formula is C16H18N4O4. The van der Waals surface area contributed by atoms with Gasteiger partial charge in [-0.25, -0.2) is 9.67 Å². The van der Waals surface area contributed by atoms with E-state index in [2.05, 4.69) is 10.1 Å². The third-order valence-electron chi connectivity index (χ3n) is 3.87. The number of amides is 1. The number of ether oxygens (including phenoxy) is 1. The van der Waals surface area contributed by atoms with Gasteiger partial charge in [0.25, 0.3) is 5.91 Å². The van der Waals surface area contributed by atoms with Crippen LogP contribution in [0, 0.1) is 0 Å². The molecule has 0 saturated carbocycles. The highest BCUT2D eigenvalue weighted by atomic mass is 16.5. The number of aromatic nitrogens is 3. The van der Waals surface area contributed by atoms with Crippen molar-refractivity contribution < 1.29 is 19.4 Å². The van der Waals surface area contributed by atoms with Crippen LogP contribution in [0.1, 0.15) is 22.3 Å². The Kier molecular flexibility index (Phi) is 4.85. The van der Waals surface area contributed by atoms with E-state index in [4.69, 9.17) is 9.84 Å². The first-order valence-electron chi connectivity index (χ1n) is 7.66. The van der Waals surface area contributed by atoms with Crippen molar-refractivity contribution in [3.8, 4) is 0 Å². The van der Waals surface area contributed by atoms with Gasteiger partial charge in [-0.05, 0) is 11.6 Å². The Morgan fingerprint density at radius 3 is 2.92 bits per heavy atom. The molecule has 2 heterocycles. The summed E-state index contributed by atoms with van der Waals surface area (Å²) < 4.78 is 7.07. The van der Waals surface area contributed by atoms with Gasteiger partial charge < -0.3 is 14.7 Å². The fourth-order valence-corrected chi connectivity index (χ4v) is 2.75. The number of aliphatic carboxylic acids is 1. The van der Waals surface area contributed by atoms with Crippen LogP contribution in [0.2, 0.25) is 0 Å². The number of carbonyl (C=O) groups excluding carboxylic acids is 1. The highest BCUT2D eigenvalue weighted by molar-refractivity contribution is 5.95. The molecule has 1 aliphatic rings. The zero-order chi connectivity index (χ0) is 16.9. The van der Waals surface area contributed by atoms with Crippen LogP contribution in [0.5, 0.6) is 0 Å². The molecule has 1 atom stereocenters. The first-order chi connectivity index (χ1) is 11.6. The molecule has 1 aromatic carbocycles. The number of benzene rings is 1. The summed E-state index contributed by atoms with van der Waals surface area (Å²) in [5, 5.41) is 13.0. The van der Waals surface area contributed by atoms with Gasteiger partial charge in [0.05, 0.1) is 25.7 Å². The topological polar surface area (TPSA) is 97.6 Å². The van der Waals surface area contributed by atoms with E-state index in [1.54, 1.807) is 22.0 Å². The molecule has 0 spiro atoms. The number of rotatable bonds is 5. The maximum Gasteiger partial charge on any atom is 0.306 e. The Balaban J connectivity index is 1.76. The number of morpholine rings is 1. The predicted octanol–water partition coefficient (Wildman–Crippen LogP) is 0.642. The number of hydrogen-bond acceptors (Lipinski definition) is 5. The number of hydrogen-bond donors (Lipinski definition) is 1. The molecule has 3 rings (SSSR count). The first kappa shape index (κ1) is 16.1. The minimum absolute atomic E-state index is 0.107. The summed E-state index contributed by atoms with van der Waals surface area (Å²) >= 11 is 0. The Hall–Kier alpha value is -2.74. The largest absolute Gasteiger partial charge is 0.481 e. The number of carboxylic acid groups (broad SMARTS) is 1. The Bertz CT molecular complexity index is 717. The lowest BCUT2D eigenvalue weighted by Crippen LogP contribution is -2.46. The minimum Gasteiger partial charge on any atom is -0.481 e. The molecule has 1 saturated heterocycles. The molecule has 126 valence electrons. The van der Waals surface area contributed by atoms with Crippen molar-refractivity contribution in [3.63, 3.8) is 0 Å². The second-order valence-corrected chi connectivity index (χ2v) is 5.59. The van der Waals surface area contributed by atoms with E-state index in [0.717, 1.165) is 5.56 Å². The molecule has 24 heavy (non-hydrogen) atoms. The lowest BCUT2D eigenvalue weighted by molar-refractivity contribution is -0.141. The van der Waals surface area contributed by atoms with Crippen LogP contribution in [-0.2, 0) is 16.1 Å². The van der Waals surface area contributed by atoms with Gasteiger partial charge in [0.1, 0.15) is 12.7 Å². The fraction of sp³-hybridized carbons (Fsp3) is 0.375. The van der Waals surface area contributed by atoms with Crippen molar-refractivity contribution >= 4 is 11.9 Å². The average Bonchev–Trinajstić information content (AvgIpc) is 3.07. The van der Waals surface area contributed by atoms with Gasteiger partial charge in [-0.2, -0.15) is 5.10 Å². The summed E-state index contributed by atoms with van der Waals surface area (Å²) in [5.41, 5.74) is 1.43. The van der Waals surface area contributed by atoms with E-state index in [1.807, 2.05) is 18.2 Å². The van der Waals surface area contributed by atoms with E-state index in [-0.39, 0.29) is 18.9 Å². The molecule has 1 aromatic heterocycles. The summed E-state index contributed by atoms with van der Waals surface area (Å²) in [6, 6.07) is 7.34. The summed E-state index contributed by atoms with van der Waals surface area (Å²) in [6.07, 6.45) is 2.47. The van der Waals surface area contributed by atoms with Crippen LogP contribution < -0.4 is 0 Å². The second kappa shape index (κ2) is 7.22. The van der Waals surface area contributed by atoms with E-state index in [9.17, 15) is 9.59 Å². The first-order valence-corrected chi connectivity index (χ1v) is 7.66. The molecule has 0 radical (unpaired) electrons. The molecule has 0 unspecified atom stereocenters. The Morgan fingerprint density at radius 2 is 2.17 bits per heavy atom. The Morgan fingerprint density at radius 1 is 1.33 bits per heavy atom. The van der Waals surface area contributed by atoms with Crippen molar-refractivity contribution in [3.05, 3.63) is 48.0 Å². The fourth-order valence-electron chi connectivity index (χ4n) is 2.75. The monoisotopic (exact) mass is 330 g/mol. The quantitative estimate of drug-likeness (QED) is 0.864. The molecule has 0 aliphatic carbocycles. The lowest BCUT2D eigenvalue weighted by atomic mass is 10.1. The Labute approximate surface area is 138 Å². The summed E-state index contributed by atoms with van der Waals surface area (Å²) in [6.45, 7) is 1.52. The zero-order valence-electron chi connectivity index (χ0n) is 13.0. The van der Waals surface area contributed by atoms with Gasteiger partial charge in [-0.15, -0.1) is 0 Å². The third-order valence-corrected chi connectivity index (χ3v) is 3.87. The summed E-state index contributed by atoms with van der Waals surface area (Å²) in [4.78, 5) is 29.3. The van der Waals surface area contributed by atoms with Crippen LogP contribution >= 0.6 is 0 Å². The van der Waals surface area contributed by atoms with Gasteiger partial charge in [-0.1, -0.05) is 18.2 Å². The van der Waals surface area contributed by atoms with Crippen LogP contribution in [-0.4, -0.2) is 62.4 Å². The van der Waals surface area contributed by atoms with E-state index in [1.165, 1.54) is 6.33 Å². The van der Waals surface area contributed by atoms with Gasteiger partial charge in [0.15, 0.2) is 0 Å². The lowest BCUT2D eigenvalue weighted by Gasteiger charge is -2.32. The molecule has 2 aromatic rings. The molecule has 1 aliphatic heterocycles. The molecule has 1 amide bonds. The highest BCUT2D eigenvalue weighted by Crippen LogP contribution is 2.16. The van der Waals surface area contributed by atoms with Crippen LogP contribution in [0.3, 0.4) is 0 Å². The standard InChI is InChI=1S/C16H18N4O4/c21-15(22)7-13-9-19(5-6-24-13)16(23)14-4-2-1-3-12(14)8-20-11-17-10-18-20/h1-4,10-11,13H,5-9H2,(H,21,22)/t13-/m0/s1. The van der Waals surface area contributed by atoms with Crippen molar-refractivity contribution in [2.75, 3.05) is 19.7 Å². The van der Waals surface area contributed by atoms with Gasteiger partial charge >= 0.3 is 5.97 Å². The molecule has 1 N–H and O–H groups in total. The van der Waals surface area contributed by atoms with Crippen molar-refractivity contribution in [1.82, 2.24) is 19.7 Å².